The fourth-order valence-electron chi connectivity index (χ4n) is 1.01. The topological polar surface area (TPSA) is 20.2 Å². The lowest BCUT2D eigenvalue weighted by Crippen LogP contribution is -1.96. The molecule has 1 nitrogen and oxygen atoms in total. The van der Waals surface area contributed by atoms with Crippen LogP contribution in [0.4, 0.5) is 0 Å². The van der Waals surface area contributed by atoms with Gasteiger partial charge in [0.2, 0.25) is 0 Å². The van der Waals surface area contributed by atoms with Crippen molar-refractivity contribution in [3.63, 3.8) is 0 Å². The Morgan fingerprint density at radius 2 is 2.00 bits per heavy atom. The summed E-state index contributed by atoms with van der Waals surface area (Å²) in [5.74, 6) is 0. The van der Waals surface area contributed by atoms with Crippen molar-refractivity contribution in [2.45, 2.75) is 19.4 Å². The first-order chi connectivity index (χ1) is 6.06. The van der Waals surface area contributed by atoms with E-state index in [9.17, 15) is 5.11 Å². The number of aliphatic hydroxyl groups is 1. The summed E-state index contributed by atoms with van der Waals surface area (Å²) in [4.78, 5) is 0. The number of hydrogen-bond donors (Lipinski definition) is 1. The molecule has 1 atom stereocenters. The molecule has 0 radical (unpaired) electrons. The summed E-state index contributed by atoms with van der Waals surface area (Å²) in [6.07, 6.45) is 0.106. The molecular weight excluding hydrogens is 275 g/mol. The molecule has 1 N–H and O–H groups in total. The van der Waals surface area contributed by atoms with Crippen LogP contribution in [0.5, 0.6) is 0 Å². The summed E-state index contributed by atoms with van der Waals surface area (Å²) in [5.41, 5.74) is 0.709. The lowest BCUT2D eigenvalue weighted by atomic mass is 10.1. The molecule has 0 bridgehead atoms. The van der Waals surface area contributed by atoms with Gasteiger partial charge in [-0.3, -0.25) is 0 Å². The molecule has 1 unspecified atom stereocenters. The van der Waals surface area contributed by atoms with Crippen molar-refractivity contribution in [3.8, 4) is 0 Å². The molecule has 1 rings (SSSR count). The van der Waals surface area contributed by atoms with E-state index < -0.39 is 6.10 Å². The second kappa shape index (κ2) is 4.65. The minimum atomic E-state index is -0.527. The van der Waals surface area contributed by atoms with Gasteiger partial charge in [0.25, 0.3) is 0 Å². The number of halogens is 3. The molecule has 1 aromatic carbocycles. The van der Waals surface area contributed by atoms with E-state index in [1.165, 1.54) is 0 Å². The maximum Gasteiger partial charge on any atom is 0.0802 e. The predicted octanol–water partition coefficient (Wildman–Crippen LogP) is 4.20. The Bertz CT molecular complexity index is 315. The van der Waals surface area contributed by atoms with Crippen molar-refractivity contribution in [2.24, 2.45) is 0 Å². The van der Waals surface area contributed by atoms with Crippen molar-refractivity contribution in [1.29, 1.82) is 0 Å². The second-order valence-corrected chi connectivity index (χ2v) is 4.38. The summed E-state index contributed by atoms with van der Waals surface area (Å²) >= 11 is 15.0. The Morgan fingerprint density at radius 3 is 2.54 bits per heavy atom. The molecule has 0 spiro atoms. The molecule has 0 saturated carbocycles. The number of rotatable bonds is 2. The first kappa shape index (κ1) is 11.3. The Labute approximate surface area is 95.8 Å². The molecular formula is C9H9BrCl2O. The number of aliphatic hydroxyl groups excluding tert-OH is 1. The van der Waals surface area contributed by atoms with E-state index in [0.717, 1.165) is 4.47 Å². The van der Waals surface area contributed by atoms with Crippen LogP contribution < -0.4 is 0 Å². The van der Waals surface area contributed by atoms with Gasteiger partial charge < -0.3 is 5.11 Å². The summed E-state index contributed by atoms with van der Waals surface area (Å²) in [5, 5.41) is 10.6. The second-order valence-electron chi connectivity index (χ2n) is 2.71. The van der Waals surface area contributed by atoms with Crippen LogP contribution in [0.1, 0.15) is 25.0 Å². The van der Waals surface area contributed by atoms with Crippen molar-refractivity contribution in [3.05, 3.63) is 32.2 Å². The van der Waals surface area contributed by atoms with Gasteiger partial charge in [0.15, 0.2) is 0 Å². The molecule has 72 valence electrons. The van der Waals surface area contributed by atoms with E-state index >= 15 is 0 Å². The van der Waals surface area contributed by atoms with Gasteiger partial charge in [-0.25, -0.2) is 0 Å². The highest BCUT2D eigenvalue weighted by Crippen LogP contribution is 2.33. The third kappa shape index (κ3) is 2.59. The van der Waals surface area contributed by atoms with Crippen LogP contribution in [0.25, 0.3) is 0 Å². The highest BCUT2D eigenvalue weighted by atomic mass is 79.9. The highest BCUT2D eigenvalue weighted by Gasteiger charge is 2.11. The molecule has 0 saturated heterocycles. The number of hydrogen-bond acceptors (Lipinski definition) is 1. The van der Waals surface area contributed by atoms with Gasteiger partial charge in [-0.15, -0.1) is 0 Å². The van der Waals surface area contributed by atoms with Crippen molar-refractivity contribution in [2.75, 3.05) is 0 Å². The van der Waals surface area contributed by atoms with Gasteiger partial charge in [0, 0.05) is 15.1 Å². The first-order valence-electron chi connectivity index (χ1n) is 3.88. The highest BCUT2D eigenvalue weighted by molar-refractivity contribution is 9.10. The normalized spacial score (nSPS) is 13.0. The van der Waals surface area contributed by atoms with Crippen molar-refractivity contribution < 1.29 is 5.11 Å². The summed E-state index contributed by atoms with van der Waals surface area (Å²) in [6.45, 7) is 1.89. The average Bonchev–Trinajstić information content (AvgIpc) is 2.10. The Balaban J connectivity index is 3.15. The molecule has 4 heteroatoms. The third-order valence-electron chi connectivity index (χ3n) is 1.79. The predicted molar refractivity (Wildman–Crippen MR) is 59.4 cm³/mol. The minimum Gasteiger partial charge on any atom is -0.388 e. The molecule has 1 aromatic rings. The summed E-state index contributed by atoms with van der Waals surface area (Å²) in [6, 6.07) is 3.38. The molecule has 0 amide bonds. The number of benzene rings is 1. The Hall–Kier alpha value is 0.240. The molecule has 0 aliphatic rings. The zero-order valence-electron chi connectivity index (χ0n) is 7.02. The smallest absolute Gasteiger partial charge is 0.0802 e. The maximum absolute atomic E-state index is 9.58. The quantitative estimate of drug-likeness (QED) is 0.807. The molecule has 0 aliphatic heterocycles. The largest absolute Gasteiger partial charge is 0.388 e. The molecule has 0 fully saturated rings. The minimum absolute atomic E-state index is 0.502. The van der Waals surface area contributed by atoms with E-state index in [-0.39, 0.29) is 0 Å². The van der Waals surface area contributed by atoms with Gasteiger partial charge in [-0.1, -0.05) is 30.1 Å². The molecule has 0 heterocycles. The lowest BCUT2D eigenvalue weighted by molar-refractivity contribution is 0.173. The third-order valence-corrected chi connectivity index (χ3v) is 3.31. The van der Waals surface area contributed by atoms with Crippen molar-refractivity contribution in [1.82, 2.24) is 0 Å². The Kier molecular flexibility index (Phi) is 4.05. The van der Waals surface area contributed by atoms with Gasteiger partial charge >= 0.3 is 0 Å². The first-order valence-corrected chi connectivity index (χ1v) is 5.43. The van der Waals surface area contributed by atoms with Crippen LogP contribution in [0.2, 0.25) is 10.0 Å². The van der Waals surface area contributed by atoms with E-state index in [1.54, 1.807) is 12.1 Å². The molecule has 0 aliphatic carbocycles. The van der Waals surface area contributed by atoms with Gasteiger partial charge in [0.05, 0.1) is 11.1 Å². The lowest BCUT2D eigenvalue weighted by Gasteiger charge is -2.11. The van der Waals surface area contributed by atoms with Gasteiger partial charge in [-0.2, -0.15) is 0 Å². The fraction of sp³-hybridized carbons (Fsp3) is 0.333. The average molecular weight is 284 g/mol. The SMILES string of the molecule is CCC(O)c1cc(Br)c(Cl)cc1Cl. The van der Waals surface area contributed by atoms with E-state index in [2.05, 4.69) is 15.9 Å². The van der Waals surface area contributed by atoms with Crippen LogP contribution in [0, 0.1) is 0 Å². The standard InChI is InChI=1S/C9H9BrCl2O/c1-2-9(13)5-3-6(10)8(12)4-7(5)11/h3-4,9,13H,2H2,1H3. The van der Waals surface area contributed by atoms with Crippen LogP contribution >= 0.6 is 39.1 Å². The van der Waals surface area contributed by atoms with Crippen molar-refractivity contribution >= 4 is 39.1 Å². The Morgan fingerprint density at radius 1 is 1.38 bits per heavy atom. The molecule has 13 heavy (non-hydrogen) atoms. The van der Waals surface area contributed by atoms with E-state index in [4.69, 9.17) is 23.2 Å². The van der Waals surface area contributed by atoms with Crippen LogP contribution in [-0.4, -0.2) is 5.11 Å². The van der Waals surface area contributed by atoms with E-state index in [0.29, 0.717) is 22.0 Å². The zero-order chi connectivity index (χ0) is 10.0. The summed E-state index contributed by atoms with van der Waals surface area (Å²) in [7, 11) is 0. The monoisotopic (exact) mass is 282 g/mol. The van der Waals surface area contributed by atoms with Crippen LogP contribution in [0.15, 0.2) is 16.6 Å². The maximum atomic E-state index is 9.58. The van der Waals surface area contributed by atoms with E-state index in [1.807, 2.05) is 6.92 Å². The molecule has 0 aromatic heterocycles. The van der Waals surface area contributed by atoms with Gasteiger partial charge in [0.1, 0.15) is 0 Å². The fourth-order valence-corrected chi connectivity index (χ4v) is 1.88. The van der Waals surface area contributed by atoms with Gasteiger partial charge in [-0.05, 0) is 34.5 Å². The van der Waals surface area contributed by atoms with Crippen LogP contribution in [-0.2, 0) is 0 Å². The zero-order valence-corrected chi connectivity index (χ0v) is 10.1. The summed E-state index contributed by atoms with van der Waals surface area (Å²) < 4.78 is 0.751. The van der Waals surface area contributed by atoms with Crippen LogP contribution in [0.3, 0.4) is 0 Å².